The van der Waals surface area contributed by atoms with Crippen molar-refractivity contribution in [2.24, 2.45) is 0 Å². The lowest BCUT2D eigenvalue weighted by Crippen LogP contribution is -1.91. The molecule has 0 saturated carbocycles. The molecule has 1 aromatic carbocycles. The summed E-state index contributed by atoms with van der Waals surface area (Å²) < 4.78 is 6.98. The highest BCUT2D eigenvalue weighted by Gasteiger charge is 2.10. The van der Waals surface area contributed by atoms with Gasteiger partial charge in [0.05, 0.1) is 29.4 Å². The van der Waals surface area contributed by atoms with E-state index >= 15 is 0 Å². The molecule has 4 nitrogen and oxygen atoms in total. The Bertz CT molecular complexity index is 848. The van der Waals surface area contributed by atoms with Gasteiger partial charge in [-0.05, 0) is 12.1 Å². The zero-order valence-corrected chi connectivity index (χ0v) is 10.6. The Morgan fingerprint density at radius 3 is 2.70 bits per heavy atom. The first-order valence-electron chi connectivity index (χ1n) is 6.34. The number of benzene rings is 1. The molecule has 4 aromatic rings. The smallest absolute Gasteiger partial charge is 0.0997 e. The van der Waals surface area contributed by atoms with Crippen LogP contribution in [0, 0.1) is 0 Å². The van der Waals surface area contributed by atoms with Crippen molar-refractivity contribution in [1.29, 1.82) is 0 Å². The summed E-state index contributed by atoms with van der Waals surface area (Å²) in [4.78, 5) is 4.44. The van der Waals surface area contributed by atoms with Crippen molar-refractivity contribution in [1.82, 2.24) is 14.6 Å². The minimum atomic E-state index is 0.871. The van der Waals surface area contributed by atoms with Gasteiger partial charge in [0, 0.05) is 23.5 Å². The van der Waals surface area contributed by atoms with Crippen LogP contribution < -0.4 is 0 Å². The Balaban J connectivity index is 1.94. The molecular weight excluding hydrogens is 250 g/mol. The molecule has 0 radical (unpaired) electrons. The van der Waals surface area contributed by atoms with Crippen molar-refractivity contribution >= 4 is 5.52 Å². The van der Waals surface area contributed by atoms with Gasteiger partial charge in [-0.3, -0.25) is 4.98 Å². The summed E-state index contributed by atoms with van der Waals surface area (Å²) in [5.74, 6) is 0. The Labute approximate surface area is 115 Å². The standard InChI is InChI=1S/C16H11N3O/c1-2-4-12(5-3-1)14-10-15-16(13-6-9-20-11-13)17-7-8-19(15)18-14/h1-11H. The summed E-state index contributed by atoms with van der Waals surface area (Å²) in [6.45, 7) is 0. The fourth-order valence-electron chi connectivity index (χ4n) is 2.29. The van der Waals surface area contributed by atoms with Crippen LogP contribution in [0.5, 0.6) is 0 Å². The molecule has 0 aliphatic carbocycles. The van der Waals surface area contributed by atoms with E-state index < -0.39 is 0 Å². The number of hydrogen-bond donors (Lipinski definition) is 0. The van der Waals surface area contributed by atoms with E-state index in [9.17, 15) is 0 Å². The van der Waals surface area contributed by atoms with Crippen LogP contribution in [-0.4, -0.2) is 14.6 Å². The molecule has 0 spiro atoms. The molecule has 3 aromatic heterocycles. The van der Waals surface area contributed by atoms with Crippen LogP contribution in [0.25, 0.3) is 28.0 Å². The third kappa shape index (κ3) is 1.70. The number of furan rings is 1. The summed E-state index contributed by atoms with van der Waals surface area (Å²) in [5.41, 5.74) is 4.82. The molecule has 0 aliphatic rings. The predicted molar refractivity (Wildman–Crippen MR) is 76.1 cm³/mol. The van der Waals surface area contributed by atoms with Gasteiger partial charge in [0.15, 0.2) is 0 Å². The second-order valence-electron chi connectivity index (χ2n) is 4.51. The summed E-state index contributed by atoms with van der Waals surface area (Å²) in [6.07, 6.45) is 6.94. The maximum absolute atomic E-state index is 5.14. The molecule has 3 heterocycles. The fraction of sp³-hybridized carbons (Fsp3) is 0. The summed E-state index contributed by atoms with van der Waals surface area (Å²) in [5, 5.41) is 4.60. The van der Waals surface area contributed by atoms with Crippen molar-refractivity contribution in [3.05, 3.63) is 67.4 Å². The van der Waals surface area contributed by atoms with Crippen LogP contribution in [0.4, 0.5) is 0 Å². The number of nitrogens with zero attached hydrogens (tertiary/aromatic N) is 3. The van der Waals surface area contributed by atoms with Crippen molar-refractivity contribution in [2.45, 2.75) is 0 Å². The lowest BCUT2D eigenvalue weighted by atomic mass is 10.1. The quantitative estimate of drug-likeness (QED) is 0.553. The van der Waals surface area contributed by atoms with Crippen LogP contribution >= 0.6 is 0 Å². The van der Waals surface area contributed by atoms with Crippen molar-refractivity contribution in [3.8, 4) is 22.5 Å². The zero-order chi connectivity index (χ0) is 13.4. The SMILES string of the molecule is c1ccc(-c2cc3c(-c4ccoc4)nccn3n2)cc1. The zero-order valence-electron chi connectivity index (χ0n) is 10.6. The van der Waals surface area contributed by atoms with Gasteiger partial charge in [0.25, 0.3) is 0 Å². The van der Waals surface area contributed by atoms with Gasteiger partial charge in [-0.25, -0.2) is 4.52 Å². The van der Waals surface area contributed by atoms with E-state index in [1.165, 1.54) is 0 Å². The van der Waals surface area contributed by atoms with Gasteiger partial charge in [0.2, 0.25) is 0 Å². The molecule has 0 atom stereocenters. The van der Waals surface area contributed by atoms with Crippen molar-refractivity contribution in [3.63, 3.8) is 0 Å². The summed E-state index contributed by atoms with van der Waals surface area (Å²) in [6, 6.07) is 14.1. The Morgan fingerprint density at radius 1 is 1.00 bits per heavy atom. The van der Waals surface area contributed by atoms with Gasteiger partial charge in [-0.2, -0.15) is 5.10 Å². The molecule has 0 bridgehead atoms. The molecule has 0 aliphatic heterocycles. The van der Waals surface area contributed by atoms with Crippen LogP contribution in [0.15, 0.2) is 71.8 Å². The molecular formula is C16H11N3O. The first kappa shape index (κ1) is 11.0. The second-order valence-corrected chi connectivity index (χ2v) is 4.51. The van der Waals surface area contributed by atoms with Gasteiger partial charge < -0.3 is 4.42 Å². The fourth-order valence-corrected chi connectivity index (χ4v) is 2.29. The van der Waals surface area contributed by atoms with Crippen molar-refractivity contribution < 1.29 is 4.42 Å². The van der Waals surface area contributed by atoms with Crippen LogP contribution in [0.3, 0.4) is 0 Å². The van der Waals surface area contributed by atoms with E-state index in [4.69, 9.17) is 4.42 Å². The second kappa shape index (κ2) is 4.35. The molecule has 20 heavy (non-hydrogen) atoms. The van der Waals surface area contributed by atoms with E-state index in [-0.39, 0.29) is 0 Å². The van der Waals surface area contributed by atoms with Gasteiger partial charge in [0.1, 0.15) is 0 Å². The largest absolute Gasteiger partial charge is 0.472 e. The average molecular weight is 261 g/mol. The molecule has 96 valence electrons. The van der Waals surface area contributed by atoms with E-state index in [1.807, 2.05) is 53.2 Å². The van der Waals surface area contributed by atoms with Gasteiger partial charge in [-0.1, -0.05) is 30.3 Å². The molecule has 0 unspecified atom stereocenters. The normalized spacial score (nSPS) is 11.0. The van der Waals surface area contributed by atoms with Crippen LogP contribution in [0.1, 0.15) is 0 Å². The Kier molecular flexibility index (Phi) is 2.39. The monoisotopic (exact) mass is 261 g/mol. The van der Waals surface area contributed by atoms with E-state index in [0.29, 0.717) is 0 Å². The molecule has 0 saturated heterocycles. The lowest BCUT2D eigenvalue weighted by molar-refractivity contribution is 0.568. The third-order valence-electron chi connectivity index (χ3n) is 3.25. The van der Waals surface area contributed by atoms with E-state index in [1.54, 1.807) is 18.7 Å². The molecule has 0 amide bonds. The topological polar surface area (TPSA) is 43.3 Å². The number of fused-ring (bicyclic) bond motifs is 1. The highest BCUT2D eigenvalue weighted by molar-refractivity contribution is 5.79. The van der Waals surface area contributed by atoms with E-state index in [0.717, 1.165) is 28.0 Å². The third-order valence-corrected chi connectivity index (χ3v) is 3.25. The van der Waals surface area contributed by atoms with E-state index in [2.05, 4.69) is 10.1 Å². The Morgan fingerprint density at radius 2 is 1.90 bits per heavy atom. The first-order chi connectivity index (χ1) is 9.92. The first-order valence-corrected chi connectivity index (χ1v) is 6.34. The number of aromatic nitrogens is 3. The van der Waals surface area contributed by atoms with Crippen molar-refractivity contribution in [2.75, 3.05) is 0 Å². The van der Waals surface area contributed by atoms with Crippen LogP contribution in [-0.2, 0) is 0 Å². The predicted octanol–water partition coefficient (Wildman–Crippen LogP) is 3.66. The summed E-state index contributed by atoms with van der Waals surface area (Å²) in [7, 11) is 0. The van der Waals surface area contributed by atoms with Gasteiger partial charge >= 0.3 is 0 Å². The molecule has 0 N–H and O–H groups in total. The lowest BCUT2D eigenvalue weighted by Gasteiger charge is -1.98. The number of hydrogen-bond acceptors (Lipinski definition) is 3. The maximum Gasteiger partial charge on any atom is 0.0997 e. The van der Waals surface area contributed by atoms with Gasteiger partial charge in [-0.15, -0.1) is 0 Å². The minimum absolute atomic E-state index is 0.871. The summed E-state index contributed by atoms with van der Waals surface area (Å²) >= 11 is 0. The highest BCUT2D eigenvalue weighted by Crippen LogP contribution is 2.26. The minimum Gasteiger partial charge on any atom is -0.472 e. The average Bonchev–Trinajstić information content (AvgIpc) is 3.17. The molecule has 4 heteroatoms. The molecule has 4 rings (SSSR count). The molecule has 0 fully saturated rings. The van der Waals surface area contributed by atoms with Crippen LogP contribution in [0.2, 0.25) is 0 Å². The Hall–Kier alpha value is -2.88. The number of rotatable bonds is 2. The maximum atomic E-state index is 5.14. The highest BCUT2D eigenvalue weighted by atomic mass is 16.3.